The van der Waals surface area contributed by atoms with Crippen LogP contribution in [-0.4, -0.2) is 84.7 Å². The van der Waals surface area contributed by atoms with Crippen LogP contribution in [-0.2, 0) is 9.53 Å². The summed E-state index contributed by atoms with van der Waals surface area (Å²) in [6.07, 6.45) is 1.02. The Morgan fingerprint density at radius 3 is 2.55 bits per heavy atom. The number of nitrogens with zero attached hydrogens (tertiary/aromatic N) is 5. The highest BCUT2D eigenvalue weighted by Crippen LogP contribution is 2.33. The molecule has 1 saturated carbocycles. The maximum atomic E-state index is 11.3. The molecule has 5 N–H and O–H groups in total. The van der Waals surface area contributed by atoms with Crippen LogP contribution in [0.25, 0.3) is 11.2 Å². The number of imidazole rings is 1. The zero-order valence-electron chi connectivity index (χ0n) is 18.8. The van der Waals surface area contributed by atoms with Crippen molar-refractivity contribution >= 4 is 23.0 Å². The third-order valence-electron chi connectivity index (χ3n) is 6.38. The summed E-state index contributed by atoms with van der Waals surface area (Å²) in [6, 6.07) is 0. The maximum absolute atomic E-state index is 11.3. The average molecular weight is 459 g/mol. The molecule has 0 radical (unpaired) electrons. The van der Waals surface area contributed by atoms with Crippen LogP contribution in [0, 0.1) is 23.7 Å². The van der Waals surface area contributed by atoms with Crippen LogP contribution in [0.1, 0.15) is 44.2 Å². The van der Waals surface area contributed by atoms with Gasteiger partial charge < -0.3 is 30.7 Å². The molecule has 178 valence electrons. The Morgan fingerprint density at radius 2 is 1.91 bits per heavy atom. The molecule has 11 nitrogen and oxygen atoms in total. The van der Waals surface area contributed by atoms with Crippen molar-refractivity contribution in [1.29, 1.82) is 0 Å². The van der Waals surface area contributed by atoms with Crippen LogP contribution in [0.4, 0.5) is 5.82 Å². The summed E-state index contributed by atoms with van der Waals surface area (Å²) in [5.74, 6) is 6.41. The van der Waals surface area contributed by atoms with Crippen LogP contribution < -0.4 is 5.73 Å². The molecule has 2 fully saturated rings. The minimum atomic E-state index is -1.59. The van der Waals surface area contributed by atoms with Gasteiger partial charge in [0, 0.05) is 13.0 Å². The van der Waals surface area contributed by atoms with Crippen molar-refractivity contribution in [2.24, 2.45) is 11.8 Å². The normalized spacial score (nSPS) is 29.8. The van der Waals surface area contributed by atoms with Crippen LogP contribution in [0.2, 0.25) is 0 Å². The number of ether oxygens (including phenoxy) is 1. The number of fused-ring (bicyclic) bond motifs is 1. The van der Waals surface area contributed by atoms with Gasteiger partial charge in [-0.2, -0.15) is 0 Å². The number of hydrogen-bond donors (Lipinski definition) is 4. The van der Waals surface area contributed by atoms with Gasteiger partial charge in [-0.05, 0) is 57.5 Å². The van der Waals surface area contributed by atoms with Crippen molar-refractivity contribution in [3.05, 3.63) is 12.2 Å². The van der Waals surface area contributed by atoms with E-state index in [9.17, 15) is 20.1 Å². The number of carboxylic acids is 1. The van der Waals surface area contributed by atoms with Gasteiger partial charge in [-0.25, -0.2) is 19.7 Å². The van der Waals surface area contributed by atoms with Gasteiger partial charge in [0.2, 0.25) is 5.82 Å². The Hall–Kier alpha value is -2.78. The second kappa shape index (κ2) is 9.61. The number of carboxylic acid groups (broad SMARTS) is 1. The highest BCUT2D eigenvalue weighted by molar-refractivity contribution is 5.82. The summed E-state index contributed by atoms with van der Waals surface area (Å²) in [6.45, 7) is 1.13. The number of rotatable bonds is 5. The molecule has 1 saturated heterocycles. The fraction of sp³-hybridized carbons (Fsp3) is 0.636. The van der Waals surface area contributed by atoms with E-state index in [1.54, 1.807) is 0 Å². The number of anilines is 1. The van der Waals surface area contributed by atoms with Gasteiger partial charge in [-0.3, -0.25) is 4.57 Å². The molecule has 33 heavy (non-hydrogen) atoms. The zero-order chi connectivity index (χ0) is 23.7. The number of aliphatic carboxylic acids is 1. The third kappa shape index (κ3) is 4.94. The van der Waals surface area contributed by atoms with Crippen molar-refractivity contribution in [2.75, 3.05) is 26.4 Å². The summed E-state index contributed by atoms with van der Waals surface area (Å²) in [5.41, 5.74) is 6.56. The number of aromatic nitrogens is 4. The smallest absolute Gasteiger partial charge is 0.335 e. The molecule has 1 aliphatic carbocycles. The Labute approximate surface area is 191 Å². The van der Waals surface area contributed by atoms with Crippen molar-refractivity contribution < 1.29 is 24.9 Å². The molecular weight excluding hydrogens is 428 g/mol. The van der Waals surface area contributed by atoms with Crippen LogP contribution in [0.15, 0.2) is 6.33 Å². The summed E-state index contributed by atoms with van der Waals surface area (Å²) in [5, 5.41) is 29.5. The highest BCUT2D eigenvalue weighted by atomic mass is 16.6. The third-order valence-corrected chi connectivity index (χ3v) is 6.38. The fourth-order valence-electron chi connectivity index (χ4n) is 4.68. The Kier molecular flexibility index (Phi) is 6.81. The second-order valence-electron chi connectivity index (χ2n) is 9.18. The lowest BCUT2D eigenvalue weighted by atomic mass is 9.80. The number of nitrogens with two attached hydrogens (primary N) is 1. The van der Waals surface area contributed by atoms with Crippen molar-refractivity contribution in [1.82, 2.24) is 24.4 Å². The fourth-order valence-corrected chi connectivity index (χ4v) is 4.68. The molecule has 0 spiro atoms. The van der Waals surface area contributed by atoms with Crippen LogP contribution >= 0.6 is 0 Å². The van der Waals surface area contributed by atoms with E-state index in [-0.39, 0.29) is 22.8 Å². The van der Waals surface area contributed by atoms with E-state index >= 15 is 0 Å². The Bertz CT molecular complexity index is 1070. The molecule has 4 unspecified atom stereocenters. The lowest BCUT2D eigenvalue weighted by Gasteiger charge is -2.29. The molecule has 2 aromatic rings. The number of hydrogen-bond acceptors (Lipinski definition) is 9. The van der Waals surface area contributed by atoms with Gasteiger partial charge in [-0.15, -0.1) is 0 Å². The summed E-state index contributed by atoms with van der Waals surface area (Å²) < 4.78 is 6.70. The first kappa shape index (κ1) is 23.4. The van der Waals surface area contributed by atoms with Gasteiger partial charge >= 0.3 is 5.97 Å². The standard InChI is InChI=1S/C22H30N6O5/c1-27(2)10-13-8-6-12(7-9-13)4-3-5-14-25-19(23)15-20(26-14)28(11-24-15)21-17(30)16(29)18(33-21)22(31)32/h11-13,16-18,21,29-30H,4,6-10H2,1-2H3,(H,31,32)(H2,23,25,26). The predicted octanol–water partition coefficient (Wildman–Crippen LogP) is 0.222. The molecule has 2 aromatic heterocycles. The molecule has 4 rings (SSSR count). The van der Waals surface area contributed by atoms with Gasteiger partial charge in [0.05, 0.1) is 6.33 Å². The molecule has 4 atom stereocenters. The monoisotopic (exact) mass is 458 g/mol. The second-order valence-corrected chi connectivity index (χ2v) is 9.18. The van der Waals surface area contributed by atoms with E-state index in [1.807, 2.05) is 0 Å². The average Bonchev–Trinajstić information content (AvgIpc) is 3.30. The minimum absolute atomic E-state index is 0.120. The quantitative estimate of drug-likeness (QED) is 0.456. The first-order chi connectivity index (χ1) is 15.7. The van der Waals surface area contributed by atoms with Gasteiger partial charge in [0.1, 0.15) is 17.7 Å². The van der Waals surface area contributed by atoms with Crippen molar-refractivity contribution in [2.45, 2.75) is 56.6 Å². The van der Waals surface area contributed by atoms with Gasteiger partial charge in [-0.1, -0.05) is 5.92 Å². The molecule has 2 aliphatic rings. The van der Waals surface area contributed by atoms with Gasteiger partial charge in [0.25, 0.3) is 0 Å². The lowest BCUT2D eigenvalue weighted by molar-refractivity contribution is -0.155. The molecule has 0 amide bonds. The van der Waals surface area contributed by atoms with E-state index < -0.39 is 30.5 Å². The first-order valence-corrected chi connectivity index (χ1v) is 11.1. The largest absolute Gasteiger partial charge is 0.479 e. The number of aliphatic hydroxyl groups is 2. The topological polar surface area (TPSA) is 160 Å². The Morgan fingerprint density at radius 1 is 1.21 bits per heavy atom. The molecule has 3 heterocycles. The number of aliphatic hydroxyl groups excluding tert-OH is 2. The van der Waals surface area contributed by atoms with Crippen LogP contribution in [0.5, 0.6) is 0 Å². The molecule has 0 aromatic carbocycles. The summed E-state index contributed by atoms with van der Waals surface area (Å²) in [7, 11) is 4.22. The van der Waals surface area contributed by atoms with Gasteiger partial charge in [0.15, 0.2) is 23.8 Å². The molecular formula is C22H30N6O5. The highest BCUT2D eigenvalue weighted by Gasteiger charge is 2.48. The molecule has 11 heteroatoms. The van der Waals surface area contributed by atoms with Crippen molar-refractivity contribution in [3.8, 4) is 11.8 Å². The van der Waals surface area contributed by atoms with E-state index in [0.717, 1.165) is 31.7 Å². The summed E-state index contributed by atoms with van der Waals surface area (Å²) in [4.78, 5) is 26.3. The van der Waals surface area contributed by atoms with E-state index in [1.165, 1.54) is 23.7 Å². The predicted molar refractivity (Wildman–Crippen MR) is 119 cm³/mol. The zero-order valence-corrected chi connectivity index (χ0v) is 18.8. The lowest BCUT2D eigenvalue weighted by Crippen LogP contribution is -2.35. The number of nitrogen functional groups attached to an aromatic ring is 1. The van der Waals surface area contributed by atoms with E-state index in [4.69, 9.17) is 10.5 Å². The molecule has 1 aliphatic heterocycles. The van der Waals surface area contributed by atoms with E-state index in [2.05, 4.69) is 45.8 Å². The SMILES string of the molecule is CN(C)CC1CCC(CC#Cc2nc(N)c3ncn(C4OC(C(=O)O)C(O)C4O)c3n2)CC1. The maximum Gasteiger partial charge on any atom is 0.335 e. The van der Waals surface area contributed by atoms with Crippen LogP contribution in [0.3, 0.4) is 0 Å². The number of carbonyl (C=O) groups is 1. The first-order valence-electron chi connectivity index (χ1n) is 11.1. The summed E-state index contributed by atoms with van der Waals surface area (Å²) >= 11 is 0. The minimum Gasteiger partial charge on any atom is -0.479 e. The molecule has 0 bridgehead atoms. The Balaban J connectivity index is 1.48. The van der Waals surface area contributed by atoms with Crippen molar-refractivity contribution in [3.63, 3.8) is 0 Å². The van der Waals surface area contributed by atoms with E-state index in [0.29, 0.717) is 5.92 Å².